The number of urea groups is 1. The largest absolute Gasteiger partial charge is 0.481 e. The van der Waals surface area contributed by atoms with Gasteiger partial charge in [0, 0.05) is 19.9 Å². The highest BCUT2D eigenvalue weighted by Crippen LogP contribution is 2.02. The molecule has 0 saturated carbocycles. The molecule has 0 bridgehead atoms. The molecule has 3 amide bonds. The second-order valence-electron chi connectivity index (χ2n) is 5.31. The molecule has 0 unspecified atom stereocenters. The minimum atomic E-state index is -1.44. The lowest BCUT2D eigenvalue weighted by atomic mass is 10.1. The SMILES string of the molecule is CC(=O)NCCCC[C@H](NC(=O)N[C@@H](CCC(=O)O)C(=O)O)C(=O)O. The minimum absolute atomic E-state index is 0.0925. The van der Waals surface area contributed by atoms with Crippen LogP contribution in [-0.4, -0.2) is 63.8 Å². The van der Waals surface area contributed by atoms with Crippen molar-refractivity contribution in [2.45, 2.75) is 51.1 Å². The summed E-state index contributed by atoms with van der Waals surface area (Å²) in [6, 6.07) is -3.68. The van der Waals surface area contributed by atoms with Crippen LogP contribution >= 0.6 is 0 Å². The third-order valence-corrected chi connectivity index (χ3v) is 3.15. The summed E-state index contributed by atoms with van der Waals surface area (Å²) in [7, 11) is 0. The molecule has 11 nitrogen and oxygen atoms in total. The van der Waals surface area contributed by atoms with Crippen LogP contribution in [0.25, 0.3) is 0 Å². The fraction of sp³-hybridized carbons (Fsp3) is 0.643. The maximum atomic E-state index is 11.7. The molecule has 6 N–H and O–H groups in total. The van der Waals surface area contributed by atoms with Crippen molar-refractivity contribution in [2.75, 3.05) is 6.54 Å². The number of carboxylic acid groups (broad SMARTS) is 3. The number of rotatable bonds is 12. The second-order valence-corrected chi connectivity index (χ2v) is 5.31. The summed E-state index contributed by atoms with van der Waals surface area (Å²) in [5, 5.41) is 33.3. The van der Waals surface area contributed by atoms with Gasteiger partial charge in [-0.15, -0.1) is 0 Å². The highest BCUT2D eigenvalue weighted by molar-refractivity contribution is 5.86. The number of unbranched alkanes of at least 4 members (excludes halogenated alkanes) is 1. The zero-order valence-electron chi connectivity index (χ0n) is 13.8. The van der Waals surface area contributed by atoms with Crippen molar-refractivity contribution in [1.29, 1.82) is 0 Å². The molecule has 0 aliphatic rings. The van der Waals surface area contributed by atoms with Crippen molar-refractivity contribution in [1.82, 2.24) is 16.0 Å². The van der Waals surface area contributed by atoms with Crippen molar-refractivity contribution in [3.63, 3.8) is 0 Å². The smallest absolute Gasteiger partial charge is 0.326 e. The van der Waals surface area contributed by atoms with Crippen LogP contribution in [0.5, 0.6) is 0 Å². The van der Waals surface area contributed by atoms with Crippen molar-refractivity contribution in [2.24, 2.45) is 0 Å². The Balaban J connectivity index is 4.41. The number of hydrogen-bond donors (Lipinski definition) is 6. The van der Waals surface area contributed by atoms with Crippen LogP contribution in [0.3, 0.4) is 0 Å². The average Bonchev–Trinajstić information content (AvgIpc) is 2.48. The van der Waals surface area contributed by atoms with E-state index < -0.39 is 42.4 Å². The molecule has 2 atom stereocenters. The molecule has 0 saturated heterocycles. The van der Waals surface area contributed by atoms with Crippen molar-refractivity contribution < 1.29 is 39.3 Å². The predicted molar refractivity (Wildman–Crippen MR) is 83.9 cm³/mol. The quantitative estimate of drug-likeness (QED) is 0.248. The zero-order chi connectivity index (χ0) is 19.4. The molecule has 25 heavy (non-hydrogen) atoms. The van der Waals surface area contributed by atoms with Crippen LogP contribution in [0.4, 0.5) is 4.79 Å². The van der Waals surface area contributed by atoms with Crippen LogP contribution < -0.4 is 16.0 Å². The fourth-order valence-corrected chi connectivity index (χ4v) is 1.88. The van der Waals surface area contributed by atoms with Crippen LogP contribution in [0, 0.1) is 0 Å². The summed E-state index contributed by atoms with van der Waals surface area (Å²) in [4.78, 5) is 55.0. The maximum absolute atomic E-state index is 11.7. The molecule has 0 aromatic heterocycles. The first-order valence-corrected chi connectivity index (χ1v) is 7.62. The van der Waals surface area contributed by atoms with Gasteiger partial charge in [-0.1, -0.05) is 0 Å². The monoisotopic (exact) mass is 361 g/mol. The number of hydrogen-bond acceptors (Lipinski definition) is 5. The van der Waals surface area contributed by atoms with Gasteiger partial charge in [0.1, 0.15) is 12.1 Å². The Bertz CT molecular complexity index is 508. The fourth-order valence-electron chi connectivity index (χ4n) is 1.88. The number of aliphatic carboxylic acids is 3. The van der Waals surface area contributed by atoms with Gasteiger partial charge in [-0.05, 0) is 25.7 Å². The molecule has 0 fully saturated rings. The molecule has 0 aromatic rings. The van der Waals surface area contributed by atoms with E-state index in [2.05, 4.69) is 10.6 Å². The van der Waals surface area contributed by atoms with E-state index in [0.29, 0.717) is 19.4 Å². The van der Waals surface area contributed by atoms with Gasteiger partial charge in [0.25, 0.3) is 0 Å². The summed E-state index contributed by atoms with van der Waals surface area (Å²) >= 11 is 0. The second kappa shape index (κ2) is 11.6. The number of carboxylic acids is 3. The molecule has 0 radical (unpaired) electrons. The minimum Gasteiger partial charge on any atom is -0.481 e. The van der Waals surface area contributed by atoms with Crippen LogP contribution in [0.2, 0.25) is 0 Å². The van der Waals surface area contributed by atoms with Crippen molar-refractivity contribution in [3.8, 4) is 0 Å². The normalized spacial score (nSPS) is 12.5. The molecule has 0 rings (SSSR count). The molecule has 0 aromatic carbocycles. The lowest BCUT2D eigenvalue weighted by molar-refractivity contribution is -0.140. The van der Waals surface area contributed by atoms with Gasteiger partial charge in [0.2, 0.25) is 5.91 Å². The van der Waals surface area contributed by atoms with E-state index in [4.69, 9.17) is 15.3 Å². The van der Waals surface area contributed by atoms with Crippen LogP contribution in [-0.2, 0) is 19.2 Å². The van der Waals surface area contributed by atoms with Crippen molar-refractivity contribution in [3.05, 3.63) is 0 Å². The van der Waals surface area contributed by atoms with Crippen LogP contribution in [0.15, 0.2) is 0 Å². The lowest BCUT2D eigenvalue weighted by Crippen LogP contribution is -2.51. The first-order chi connectivity index (χ1) is 11.6. The average molecular weight is 361 g/mol. The molecular weight excluding hydrogens is 338 g/mol. The third kappa shape index (κ3) is 11.3. The Hall–Kier alpha value is -2.85. The molecule has 0 aliphatic carbocycles. The Labute approximate surface area is 143 Å². The van der Waals surface area contributed by atoms with Crippen molar-refractivity contribution >= 4 is 29.8 Å². The Kier molecular flexibility index (Phi) is 10.3. The number of carbonyl (C=O) groups excluding carboxylic acids is 2. The first-order valence-electron chi connectivity index (χ1n) is 7.62. The van der Waals surface area contributed by atoms with E-state index >= 15 is 0 Å². The highest BCUT2D eigenvalue weighted by Gasteiger charge is 2.24. The number of nitrogens with one attached hydrogen (secondary N) is 3. The Morgan fingerprint density at radius 3 is 1.80 bits per heavy atom. The zero-order valence-corrected chi connectivity index (χ0v) is 13.8. The highest BCUT2D eigenvalue weighted by atomic mass is 16.4. The number of amides is 3. The van der Waals surface area contributed by atoms with E-state index in [9.17, 15) is 24.0 Å². The van der Waals surface area contributed by atoms with Gasteiger partial charge in [-0.25, -0.2) is 14.4 Å². The van der Waals surface area contributed by atoms with Gasteiger partial charge in [-0.3, -0.25) is 9.59 Å². The van der Waals surface area contributed by atoms with Gasteiger partial charge < -0.3 is 31.3 Å². The van der Waals surface area contributed by atoms with Gasteiger partial charge >= 0.3 is 23.9 Å². The van der Waals surface area contributed by atoms with E-state index in [1.807, 2.05) is 5.32 Å². The van der Waals surface area contributed by atoms with Gasteiger partial charge in [-0.2, -0.15) is 0 Å². The summed E-state index contributed by atoms with van der Waals surface area (Å²) in [5.74, 6) is -4.12. The summed E-state index contributed by atoms with van der Waals surface area (Å²) in [6.07, 6.45) is 0.242. The van der Waals surface area contributed by atoms with Crippen LogP contribution in [0.1, 0.15) is 39.0 Å². The molecule has 142 valence electrons. The first kappa shape index (κ1) is 22.1. The topological polar surface area (TPSA) is 182 Å². The standard InChI is InChI=1S/C14H23N3O8/c1-8(18)15-7-3-2-4-9(12(21)22)16-14(25)17-10(13(23)24)5-6-11(19)20/h9-10H,2-7H2,1H3,(H,15,18)(H,19,20)(H,21,22)(H,23,24)(H2,16,17,25)/t9-,10-/m0/s1. The molecule has 11 heteroatoms. The predicted octanol–water partition coefficient (Wildman–Crippen LogP) is -0.637. The molecule has 0 heterocycles. The van der Waals surface area contributed by atoms with Gasteiger partial charge in [0.15, 0.2) is 0 Å². The van der Waals surface area contributed by atoms with Gasteiger partial charge in [0.05, 0.1) is 0 Å². The lowest BCUT2D eigenvalue weighted by Gasteiger charge is -2.18. The van der Waals surface area contributed by atoms with E-state index in [0.717, 1.165) is 0 Å². The van der Waals surface area contributed by atoms with E-state index in [1.54, 1.807) is 0 Å². The molecule has 0 spiro atoms. The van der Waals surface area contributed by atoms with E-state index in [1.165, 1.54) is 6.92 Å². The summed E-state index contributed by atoms with van der Waals surface area (Å²) in [6.45, 7) is 1.74. The Morgan fingerprint density at radius 1 is 0.840 bits per heavy atom. The van der Waals surface area contributed by atoms with E-state index in [-0.39, 0.29) is 18.7 Å². The molecule has 0 aliphatic heterocycles. The molecular formula is C14H23N3O8. The Morgan fingerprint density at radius 2 is 1.36 bits per heavy atom. The maximum Gasteiger partial charge on any atom is 0.326 e. The third-order valence-electron chi connectivity index (χ3n) is 3.15. The summed E-state index contributed by atoms with van der Waals surface area (Å²) in [5.41, 5.74) is 0. The number of carbonyl (C=O) groups is 5. The summed E-state index contributed by atoms with van der Waals surface area (Å²) < 4.78 is 0.